The number of methoxy groups -OCH3 is 1. The smallest absolute Gasteiger partial charge is 0.246 e. The van der Waals surface area contributed by atoms with E-state index in [1.165, 1.54) is 25.3 Å². The first-order valence-electron chi connectivity index (χ1n) is 11.2. The van der Waals surface area contributed by atoms with Crippen LogP contribution in [0.15, 0.2) is 54.6 Å². The fraction of sp³-hybridized carbons (Fsp3) is 0.308. The average Bonchev–Trinajstić information content (AvgIpc) is 2.84. The fourth-order valence-electron chi connectivity index (χ4n) is 3.15. The van der Waals surface area contributed by atoms with Crippen LogP contribution < -0.4 is 15.8 Å². The number of aromatic hydroxyl groups is 2. The van der Waals surface area contributed by atoms with Crippen LogP contribution in [-0.4, -0.2) is 60.2 Å². The molecule has 5 N–H and O–H groups in total. The summed E-state index contributed by atoms with van der Waals surface area (Å²) >= 11 is 0. The van der Waals surface area contributed by atoms with Crippen molar-refractivity contribution in [3.05, 3.63) is 65.7 Å². The molecular formula is C26H33N3O5. The van der Waals surface area contributed by atoms with E-state index in [4.69, 9.17) is 10.5 Å². The highest BCUT2D eigenvalue weighted by atomic mass is 16.5. The van der Waals surface area contributed by atoms with E-state index in [0.717, 1.165) is 24.0 Å². The third-order valence-electron chi connectivity index (χ3n) is 5.04. The summed E-state index contributed by atoms with van der Waals surface area (Å²) in [4.78, 5) is 26.5. The molecule has 0 fully saturated rings. The molecule has 0 saturated heterocycles. The number of nitrogens with one attached hydrogen (secondary N) is 1. The molecule has 2 aromatic carbocycles. The number of unbranched alkanes of at least 4 members (excludes halogenated alkanes) is 1. The van der Waals surface area contributed by atoms with E-state index in [2.05, 4.69) is 5.32 Å². The molecule has 2 amide bonds. The van der Waals surface area contributed by atoms with Crippen LogP contribution in [0.5, 0.6) is 17.2 Å². The summed E-state index contributed by atoms with van der Waals surface area (Å²) in [5, 5.41) is 21.8. The van der Waals surface area contributed by atoms with Crippen LogP contribution in [0.1, 0.15) is 30.4 Å². The summed E-state index contributed by atoms with van der Waals surface area (Å²) in [5.74, 6) is 0.179. The molecule has 0 radical (unpaired) electrons. The number of ether oxygens (including phenoxy) is 1. The Morgan fingerprint density at radius 1 is 0.971 bits per heavy atom. The van der Waals surface area contributed by atoms with Crippen molar-refractivity contribution in [3.63, 3.8) is 0 Å². The van der Waals surface area contributed by atoms with Crippen LogP contribution in [0, 0.1) is 0 Å². The first kappa shape index (κ1) is 26.5. The first-order chi connectivity index (χ1) is 16.4. The van der Waals surface area contributed by atoms with Crippen LogP contribution in [0.3, 0.4) is 0 Å². The summed E-state index contributed by atoms with van der Waals surface area (Å²) < 4.78 is 5.06. The zero-order chi connectivity index (χ0) is 24.8. The van der Waals surface area contributed by atoms with Gasteiger partial charge in [0.15, 0.2) is 11.5 Å². The molecule has 0 aromatic heterocycles. The largest absolute Gasteiger partial charge is 0.508 e. The number of benzene rings is 2. The van der Waals surface area contributed by atoms with Crippen LogP contribution in [-0.2, 0) is 9.59 Å². The molecule has 182 valence electrons. The molecule has 0 atom stereocenters. The monoisotopic (exact) mass is 467 g/mol. The van der Waals surface area contributed by atoms with Gasteiger partial charge < -0.3 is 30.9 Å². The number of hydrogen-bond donors (Lipinski definition) is 4. The number of carbonyl (C=O) groups excluding carboxylic acids is 2. The Morgan fingerprint density at radius 2 is 1.65 bits per heavy atom. The predicted octanol–water partition coefficient (Wildman–Crippen LogP) is 2.91. The summed E-state index contributed by atoms with van der Waals surface area (Å²) in [5.41, 5.74) is 7.12. The molecule has 8 nitrogen and oxygen atoms in total. The van der Waals surface area contributed by atoms with Gasteiger partial charge in [-0.15, -0.1) is 0 Å². The van der Waals surface area contributed by atoms with E-state index in [0.29, 0.717) is 38.3 Å². The van der Waals surface area contributed by atoms with Crippen molar-refractivity contribution in [1.29, 1.82) is 0 Å². The molecular weight excluding hydrogens is 434 g/mol. The van der Waals surface area contributed by atoms with Crippen molar-refractivity contribution >= 4 is 24.0 Å². The van der Waals surface area contributed by atoms with Crippen LogP contribution in [0.25, 0.3) is 12.2 Å². The van der Waals surface area contributed by atoms with Gasteiger partial charge in [0.05, 0.1) is 7.11 Å². The van der Waals surface area contributed by atoms with Gasteiger partial charge in [0.25, 0.3) is 0 Å². The summed E-state index contributed by atoms with van der Waals surface area (Å²) in [6, 6.07) is 11.4. The van der Waals surface area contributed by atoms with Gasteiger partial charge in [-0.25, -0.2) is 0 Å². The zero-order valence-electron chi connectivity index (χ0n) is 19.4. The van der Waals surface area contributed by atoms with E-state index >= 15 is 0 Å². The number of phenols is 2. The third-order valence-corrected chi connectivity index (χ3v) is 5.04. The summed E-state index contributed by atoms with van der Waals surface area (Å²) in [6.07, 6.45) is 8.51. The van der Waals surface area contributed by atoms with Crippen LogP contribution in [0.2, 0.25) is 0 Å². The molecule has 0 spiro atoms. The lowest BCUT2D eigenvalue weighted by atomic mass is 10.2. The molecule has 0 aliphatic rings. The molecule has 0 unspecified atom stereocenters. The Labute approximate surface area is 200 Å². The molecule has 0 aliphatic carbocycles. The van der Waals surface area contributed by atoms with Gasteiger partial charge in [-0.1, -0.05) is 18.2 Å². The van der Waals surface area contributed by atoms with Crippen LogP contribution in [0.4, 0.5) is 0 Å². The quantitative estimate of drug-likeness (QED) is 0.265. The minimum atomic E-state index is -0.250. The topological polar surface area (TPSA) is 125 Å². The van der Waals surface area contributed by atoms with Gasteiger partial charge in [0.1, 0.15) is 5.75 Å². The predicted molar refractivity (Wildman–Crippen MR) is 133 cm³/mol. The summed E-state index contributed by atoms with van der Waals surface area (Å²) in [7, 11) is 1.46. The van der Waals surface area contributed by atoms with E-state index in [-0.39, 0.29) is 23.3 Å². The van der Waals surface area contributed by atoms with E-state index in [1.54, 1.807) is 53.5 Å². The van der Waals surface area contributed by atoms with E-state index < -0.39 is 0 Å². The third kappa shape index (κ3) is 9.38. The standard InChI is InChI=1S/C26H33N3O5/c1-34-24-19-21(7-12-23(24)31)8-13-25(32)28-16-4-18-29(17-3-2-15-27)26(33)14-9-20-5-10-22(30)11-6-20/h5-14,19,30-31H,2-4,15-18,27H2,1H3,(H,28,32). The lowest BCUT2D eigenvalue weighted by Gasteiger charge is -2.21. The first-order valence-corrected chi connectivity index (χ1v) is 11.2. The van der Waals surface area contributed by atoms with Crippen LogP contribution >= 0.6 is 0 Å². The second-order valence-electron chi connectivity index (χ2n) is 7.66. The highest BCUT2D eigenvalue weighted by Gasteiger charge is 2.10. The Kier molecular flexibility index (Phi) is 11.2. The van der Waals surface area contributed by atoms with Gasteiger partial charge in [-0.3, -0.25) is 9.59 Å². The van der Waals surface area contributed by atoms with Gasteiger partial charge in [0.2, 0.25) is 11.8 Å². The number of nitrogens with two attached hydrogens (primary N) is 1. The van der Waals surface area contributed by atoms with Crippen molar-refractivity contribution in [2.45, 2.75) is 19.3 Å². The summed E-state index contributed by atoms with van der Waals surface area (Å²) in [6.45, 7) is 2.08. The number of rotatable bonds is 13. The Hall–Kier alpha value is -3.78. The van der Waals surface area contributed by atoms with Gasteiger partial charge in [-0.2, -0.15) is 0 Å². The highest BCUT2D eigenvalue weighted by Crippen LogP contribution is 2.26. The average molecular weight is 468 g/mol. The highest BCUT2D eigenvalue weighted by molar-refractivity contribution is 5.92. The number of phenolic OH excluding ortho intramolecular Hbond substituents is 2. The minimum absolute atomic E-state index is 0.0348. The fourth-order valence-corrected chi connectivity index (χ4v) is 3.15. The zero-order valence-corrected chi connectivity index (χ0v) is 19.4. The molecule has 0 bridgehead atoms. The van der Waals surface area contributed by atoms with Crippen molar-refractivity contribution in [1.82, 2.24) is 10.2 Å². The molecule has 2 aromatic rings. The van der Waals surface area contributed by atoms with E-state index in [9.17, 15) is 19.8 Å². The molecule has 0 aliphatic heterocycles. The maximum Gasteiger partial charge on any atom is 0.246 e. The maximum atomic E-state index is 12.7. The molecule has 0 heterocycles. The molecule has 34 heavy (non-hydrogen) atoms. The number of hydrogen-bond acceptors (Lipinski definition) is 6. The molecule has 8 heteroatoms. The lowest BCUT2D eigenvalue weighted by molar-refractivity contribution is -0.126. The Balaban J connectivity index is 1.83. The lowest BCUT2D eigenvalue weighted by Crippen LogP contribution is -2.34. The van der Waals surface area contributed by atoms with E-state index in [1.807, 2.05) is 0 Å². The second-order valence-corrected chi connectivity index (χ2v) is 7.66. The SMILES string of the molecule is COc1cc(C=CC(=O)NCCCN(CCCCN)C(=O)C=Cc2ccc(O)cc2)ccc1O. The van der Waals surface area contributed by atoms with Gasteiger partial charge >= 0.3 is 0 Å². The van der Waals surface area contributed by atoms with Gasteiger partial charge in [0, 0.05) is 31.8 Å². The minimum Gasteiger partial charge on any atom is -0.508 e. The number of amides is 2. The van der Waals surface area contributed by atoms with Crippen molar-refractivity contribution in [2.75, 3.05) is 33.3 Å². The normalized spacial score (nSPS) is 11.1. The molecule has 2 rings (SSSR count). The van der Waals surface area contributed by atoms with Gasteiger partial charge in [-0.05, 0) is 73.4 Å². The Morgan fingerprint density at radius 3 is 2.35 bits per heavy atom. The Bertz CT molecular complexity index is 986. The van der Waals surface area contributed by atoms with Crippen molar-refractivity contribution in [3.8, 4) is 17.2 Å². The second kappa shape index (κ2) is 14.4. The number of nitrogens with zero attached hydrogens (tertiary/aromatic N) is 1. The molecule has 0 saturated carbocycles. The van der Waals surface area contributed by atoms with Crippen molar-refractivity contribution < 1.29 is 24.5 Å². The van der Waals surface area contributed by atoms with Crippen molar-refractivity contribution in [2.24, 2.45) is 5.73 Å². The number of carbonyl (C=O) groups is 2. The maximum absolute atomic E-state index is 12.7.